The number of phenols is 2. The molecule has 12 heteroatoms. The first kappa shape index (κ1) is 17.5. The van der Waals surface area contributed by atoms with Gasteiger partial charge in [0.15, 0.2) is 5.69 Å². The second-order valence-corrected chi connectivity index (χ2v) is 5.21. The van der Waals surface area contributed by atoms with Gasteiger partial charge in [-0.05, 0) is 30.3 Å². The fraction of sp³-hybridized carbons (Fsp3) is 0. The van der Waals surface area contributed by atoms with E-state index >= 15 is 0 Å². The van der Waals surface area contributed by atoms with E-state index in [1.165, 1.54) is 18.2 Å². The summed E-state index contributed by atoms with van der Waals surface area (Å²) in [5, 5.41) is 58.9. The second-order valence-electron chi connectivity index (χ2n) is 5.21. The summed E-state index contributed by atoms with van der Waals surface area (Å²) in [4.78, 5) is 24.0. The van der Waals surface area contributed by atoms with Crippen LogP contribution in [0.5, 0.6) is 17.2 Å². The van der Waals surface area contributed by atoms with Crippen LogP contribution in [0.1, 0.15) is 0 Å². The summed E-state index contributed by atoms with van der Waals surface area (Å²) in [6.45, 7) is 0. The number of fused-ring (bicyclic) bond motifs is 1. The van der Waals surface area contributed by atoms with E-state index in [1.807, 2.05) is 0 Å². The van der Waals surface area contributed by atoms with Crippen LogP contribution in [0.25, 0.3) is 10.9 Å². The van der Waals surface area contributed by atoms with Gasteiger partial charge in [-0.15, -0.1) is 10.2 Å². The van der Waals surface area contributed by atoms with Crippen LogP contribution in [0.3, 0.4) is 0 Å². The molecule has 0 aliphatic heterocycles. The number of aromatic nitrogens is 1. The highest BCUT2D eigenvalue weighted by Gasteiger charge is 2.33. The second kappa shape index (κ2) is 6.51. The number of nitro benzene ring substituents is 2. The maximum atomic E-state index is 11.2. The Morgan fingerprint density at radius 1 is 0.852 bits per heavy atom. The molecule has 0 bridgehead atoms. The van der Waals surface area contributed by atoms with Gasteiger partial charge in [0.05, 0.1) is 21.7 Å². The van der Waals surface area contributed by atoms with E-state index in [0.29, 0.717) is 0 Å². The Bertz CT molecular complexity index is 1130. The van der Waals surface area contributed by atoms with Gasteiger partial charge in [-0.3, -0.25) is 20.2 Å². The Morgan fingerprint density at radius 2 is 1.44 bits per heavy atom. The van der Waals surface area contributed by atoms with Crippen LogP contribution in [0.4, 0.5) is 22.7 Å². The van der Waals surface area contributed by atoms with E-state index in [1.54, 1.807) is 0 Å². The Balaban J connectivity index is 2.18. The number of nitro groups is 2. The number of hydrogen-bond donors (Lipinski definition) is 3. The molecular weight excluding hydrogens is 362 g/mol. The minimum atomic E-state index is -1.11. The third-order valence-electron chi connectivity index (χ3n) is 3.53. The van der Waals surface area contributed by atoms with Gasteiger partial charge >= 0.3 is 11.4 Å². The largest absolute Gasteiger partial charge is 0.506 e. The Labute approximate surface area is 149 Å². The first-order valence-corrected chi connectivity index (χ1v) is 7.16. The quantitative estimate of drug-likeness (QED) is 0.352. The molecule has 0 saturated heterocycles. The van der Waals surface area contributed by atoms with Crippen molar-refractivity contribution in [2.75, 3.05) is 0 Å². The summed E-state index contributed by atoms with van der Waals surface area (Å²) in [5.74, 6) is -1.28. The summed E-state index contributed by atoms with van der Waals surface area (Å²) in [7, 11) is 0. The average Bonchev–Trinajstić information content (AvgIpc) is 2.61. The first-order chi connectivity index (χ1) is 12.8. The molecule has 0 amide bonds. The lowest BCUT2D eigenvalue weighted by atomic mass is 10.1. The summed E-state index contributed by atoms with van der Waals surface area (Å²) in [6.07, 6.45) is 1.11. The lowest BCUT2D eigenvalue weighted by Gasteiger charge is -2.04. The van der Waals surface area contributed by atoms with Gasteiger partial charge in [0.2, 0.25) is 5.75 Å². The molecule has 3 rings (SSSR count). The van der Waals surface area contributed by atoms with Crippen LogP contribution in [0.2, 0.25) is 0 Å². The lowest BCUT2D eigenvalue weighted by Crippen LogP contribution is -1.97. The van der Waals surface area contributed by atoms with Crippen LogP contribution in [0.15, 0.2) is 46.8 Å². The van der Waals surface area contributed by atoms with E-state index < -0.39 is 32.7 Å². The molecular formula is C15H9N5O7. The predicted molar refractivity (Wildman–Crippen MR) is 90.7 cm³/mol. The van der Waals surface area contributed by atoms with Crippen molar-refractivity contribution in [2.24, 2.45) is 10.2 Å². The first-order valence-electron chi connectivity index (χ1n) is 7.16. The van der Waals surface area contributed by atoms with Crippen molar-refractivity contribution in [3.05, 3.63) is 56.8 Å². The molecule has 0 saturated carbocycles. The van der Waals surface area contributed by atoms with Gasteiger partial charge in [-0.1, -0.05) is 0 Å². The summed E-state index contributed by atoms with van der Waals surface area (Å²) in [5.41, 5.74) is -2.38. The molecule has 3 N–H and O–H groups in total. The van der Waals surface area contributed by atoms with Crippen molar-refractivity contribution in [1.29, 1.82) is 0 Å². The highest BCUT2D eigenvalue weighted by molar-refractivity contribution is 5.94. The van der Waals surface area contributed by atoms with E-state index in [4.69, 9.17) is 0 Å². The fourth-order valence-electron chi connectivity index (χ4n) is 2.37. The molecule has 27 heavy (non-hydrogen) atoms. The van der Waals surface area contributed by atoms with Crippen LogP contribution in [-0.4, -0.2) is 30.2 Å². The maximum absolute atomic E-state index is 11.2. The van der Waals surface area contributed by atoms with Crippen LogP contribution in [-0.2, 0) is 0 Å². The third kappa shape index (κ3) is 3.13. The van der Waals surface area contributed by atoms with E-state index in [9.17, 15) is 35.5 Å². The molecule has 0 unspecified atom stereocenters. The van der Waals surface area contributed by atoms with Crippen molar-refractivity contribution in [3.63, 3.8) is 0 Å². The minimum absolute atomic E-state index is 0.0937. The minimum Gasteiger partial charge on any atom is -0.506 e. The summed E-state index contributed by atoms with van der Waals surface area (Å²) >= 11 is 0. The monoisotopic (exact) mass is 371 g/mol. The molecule has 1 heterocycles. The van der Waals surface area contributed by atoms with Gasteiger partial charge in [0.25, 0.3) is 0 Å². The maximum Gasteiger partial charge on any atom is 0.389 e. The van der Waals surface area contributed by atoms with Gasteiger partial charge < -0.3 is 15.3 Å². The molecule has 12 nitrogen and oxygen atoms in total. The standard InChI is InChI=1S/C15H9N5O7/c21-7-5-8-9(1-3-11(22)13(8)16-6-7)17-18-10-2-4-12(23)15(20(26)27)14(10)19(24)25/h1-6,21-23H. The third-order valence-corrected chi connectivity index (χ3v) is 3.53. The normalized spacial score (nSPS) is 11.1. The van der Waals surface area contributed by atoms with Crippen molar-refractivity contribution >= 4 is 33.7 Å². The van der Waals surface area contributed by atoms with Gasteiger partial charge in [-0.2, -0.15) is 0 Å². The van der Waals surface area contributed by atoms with Crippen LogP contribution >= 0.6 is 0 Å². The van der Waals surface area contributed by atoms with Crippen molar-refractivity contribution in [1.82, 2.24) is 4.98 Å². The molecule has 0 atom stereocenters. The lowest BCUT2D eigenvalue weighted by molar-refractivity contribution is -0.422. The smallest absolute Gasteiger partial charge is 0.389 e. The van der Waals surface area contributed by atoms with Crippen LogP contribution < -0.4 is 0 Å². The molecule has 2 aromatic carbocycles. The number of aromatic hydroxyl groups is 3. The number of rotatable bonds is 4. The molecule has 0 radical (unpaired) electrons. The number of benzene rings is 2. The molecule has 0 aliphatic carbocycles. The number of azo groups is 1. The summed E-state index contributed by atoms with van der Waals surface area (Å²) in [6, 6.07) is 5.73. The predicted octanol–water partition coefficient (Wildman–Crippen LogP) is 3.58. The van der Waals surface area contributed by atoms with Gasteiger partial charge in [0, 0.05) is 5.39 Å². The number of hydrogen-bond acceptors (Lipinski definition) is 10. The van der Waals surface area contributed by atoms with E-state index in [2.05, 4.69) is 15.2 Å². The van der Waals surface area contributed by atoms with Gasteiger partial charge in [0.1, 0.15) is 17.0 Å². The number of pyridine rings is 1. The van der Waals surface area contributed by atoms with E-state index in [-0.39, 0.29) is 28.1 Å². The topological polar surface area (TPSA) is 185 Å². The molecule has 1 aromatic heterocycles. The SMILES string of the molecule is O=[N+]([O-])c1c(O)ccc(N=Nc2ccc(O)c3ncc(O)cc23)c1[N+](=O)[O-]. The Kier molecular flexibility index (Phi) is 4.21. The molecule has 0 aliphatic rings. The van der Waals surface area contributed by atoms with Crippen molar-refractivity contribution in [3.8, 4) is 17.2 Å². The van der Waals surface area contributed by atoms with E-state index in [0.717, 1.165) is 18.3 Å². The number of phenolic OH excluding ortho intramolecular Hbond substituents is 2. The van der Waals surface area contributed by atoms with Crippen LogP contribution in [0, 0.1) is 20.2 Å². The zero-order chi connectivity index (χ0) is 19.7. The van der Waals surface area contributed by atoms with Gasteiger partial charge in [-0.25, -0.2) is 4.98 Å². The number of nitrogens with zero attached hydrogens (tertiary/aromatic N) is 5. The zero-order valence-corrected chi connectivity index (χ0v) is 13.2. The molecule has 0 fully saturated rings. The highest BCUT2D eigenvalue weighted by Crippen LogP contribution is 2.43. The Morgan fingerprint density at radius 3 is 2.11 bits per heavy atom. The summed E-state index contributed by atoms with van der Waals surface area (Å²) < 4.78 is 0. The highest BCUT2D eigenvalue weighted by atomic mass is 16.6. The average molecular weight is 371 g/mol. The molecule has 0 spiro atoms. The zero-order valence-electron chi connectivity index (χ0n) is 13.2. The molecule has 136 valence electrons. The van der Waals surface area contributed by atoms with Crippen molar-refractivity contribution < 1.29 is 25.2 Å². The fourth-order valence-corrected chi connectivity index (χ4v) is 2.37. The Hall–Kier alpha value is -4.35. The van der Waals surface area contributed by atoms with Crippen molar-refractivity contribution in [2.45, 2.75) is 0 Å². The molecule has 3 aromatic rings.